The quantitative estimate of drug-likeness (QED) is 0.0606. The molecule has 3 amide bonds. The van der Waals surface area contributed by atoms with Gasteiger partial charge in [0.1, 0.15) is 18.7 Å². The summed E-state index contributed by atoms with van der Waals surface area (Å²) in [4.78, 5) is 34.7. The van der Waals surface area contributed by atoms with E-state index < -0.39 is 29.8 Å². The number of amides is 3. The molecule has 0 aliphatic rings. The third-order valence-electron chi connectivity index (χ3n) is 5.94. The number of hydrogen-bond acceptors (Lipinski definition) is 15. The van der Waals surface area contributed by atoms with Crippen LogP contribution < -0.4 is 16.4 Å². The summed E-state index contributed by atoms with van der Waals surface area (Å²) in [7, 11) is 1.64. The summed E-state index contributed by atoms with van der Waals surface area (Å²) >= 11 is 0. The lowest BCUT2D eigenvalue weighted by molar-refractivity contribution is -0.132. The molecule has 290 valence electrons. The van der Waals surface area contributed by atoms with E-state index in [4.69, 9.17) is 62.6 Å². The van der Waals surface area contributed by atoms with Crippen LogP contribution in [0.3, 0.4) is 0 Å². The average Bonchev–Trinajstić information content (AvgIpc) is 3.08. The molecule has 49 heavy (non-hydrogen) atoms. The molecule has 0 aromatic heterocycles. The highest BCUT2D eigenvalue weighted by atomic mass is 16.6. The number of primary amides is 1. The number of methoxy groups -OCH3 is 1. The molecule has 0 aromatic carbocycles. The van der Waals surface area contributed by atoms with Gasteiger partial charge < -0.3 is 73.2 Å². The van der Waals surface area contributed by atoms with Crippen LogP contribution in [0.5, 0.6) is 0 Å². The van der Waals surface area contributed by atoms with Gasteiger partial charge in [0, 0.05) is 7.11 Å². The van der Waals surface area contributed by atoms with Crippen molar-refractivity contribution < 1.29 is 71.2 Å². The fourth-order valence-electron chi connectivity index (χ4n) is 3.26. The van der Waals surface area contributed by atoms with E-state index in [9.17, 15) is 14.4 Å². The monoisotopic (exact) mass is 715 g/mol. The van der Waals surface area contributed by atoms with Crippen molar-refractivity contribution in [2.45, 2.75) is 25.9 Å². The van der Waals surface area contributed by atoms with Crippen molar-refractivity contribution in [3.63, 3.8) is 0 Å². The van der Waals surface area contributed by atoms with Gasteiger partial charge >= 0.3 is 0 Å². The van der Waals surface area contributed by atoms with Crippen molar-refractivity contribution in [3.05, 3.63) is 0 Å². The van der Waals surface area contributed by atoms with Crippen LogP contribution in [0.1, 0.15) is 13.8 Å². The summed E-state index contributed by atoms with van der Waals surface area (Å²) in [5.41, 5.74) is 5.09. The van der Waals surface area contributed by atoms with Gasteiger partial charge in [0.05, 0.1) is 145 Å². The number of hydrogen-bond donors (Lipinski definition) is 3. The van der Waals surface area contributed by atoms with Crippen LogP contribution >= 0.6 is 0 Å². The number of carbonyl (C=O) groups excluding carboxylic acids is 3. The predicted octanol–water partition coefficient (Wildman–Crippen LogP) is -1.69. The lowest BCUT2D eigenvalue weighted by atomic mass is 10.2. The van der Waals surface area contributed by atoms with E-state index in [1.54, 1.807) is 7.11 Å². The van der Waals surface area contributed by atoms with Crippen molar-refractivity contribution in [3.8, 4) is 0 Å². The van der Waals surface area contributed by atoms with Gasteiger partial charge in [-0.1, -0.05) is 0 Å². The van der Waals surface area contributed by atoms with Crippen LogP contribution in [-0.4, -0.2) is 189 Å². The first-order valence-corrected chi connectivity index (χ1v) is 16.6. The predicted molar refractivity (Wildman–Crippen MR) is 175 cm³/mol. The average molecular weight is 716 g/mol. The minimum atomic E-state index is -0.838. The molecule has 18 heteroatoms. The maximum Gasteiger partial charge on any atom is 0.246 e. The molecule has 0 fully saturated rings. The Morgan fingerprint density at radius 3 is 0.959 bits per heavy atom. The van der Waals surface area contributed by atoms with Crippen LogP contribution in [0.2, 0.25) is 0 Å². The zero-order valence-corrected chi connectivity index (χ0v) is 29.6. The van der Waals surface area contributed by atoms with Crippen molar-refractivity contribution in [1.29, 1.82) is 0 Å². The highest BCUT2D eigenvalue weighted by Gasteiger charge is 2.19. The third-order valence-corrected chi connectivity index (χ3v) is 5.94. The largest absolute Gasteiger partial charge is 0.382 e. The summed E-state index contributed by atoms with van der Waals surface area (Å²) in [6, 6.07) is -1.67. The van der Waals surface area contributed by atoms with Crippen molar-refractivity contribution in [1.82, 2.24) is 10.6 Å². The molecule has 0 saturated heterocycles. The van der Waals surface area contributed by atoms with E-state index in [-0.39, 0.29) is 19.8 Å². The molecule has 0 aliphatic heterocycles. The molecule has 0 saturated carbocycles. The molecule has 18 nitrogen and oxygen atoms in total. The number of rotatable bonds is 39. The summed E-state index contributed by atoms with van der Waals surface area (Å²) in [5, 5.41) is 4.87. The highest BCUT2D eigenvalue weighted by molar-refractivity contribution is 5.91. The van der Waals surface area contributed by atoms with Gasteiger partial charge in [-0.05, 0) is 13.8 Å². The zero-order valence-electron chi connectivity index (χ0n) is 29.6. The fourth-order valence-corrected chi connectivity index (χ4v) is 3.26. The Morgan fingerprint density at radius 2 is 0.694 bits per heavy atom. The molecule has 0 bridgehead atoms. The van der Waals surface area contributed by atoms with Gasteiger partial charge in [0.2, 0.25) is 17.7 Å². The molecule has 0 radical (unpaired) electrons. The second-order valence-corrected chi connectivity index (χ2v) is 10.1. The van der Waals surface area contributed by atoms with Crippen LogP contribution in [0.4, 0.5) is 0 Å². The molecule has 0 aliphatic carbocycles. The Kier molecular flexibility index (Phi) is 35.6. The van der Waals surface area contributed by atoms with Crippen molar-refractivity contribution >= 4 is 17.7 Å². The molecular formula is C31H61N3O15. The Labute approximate surface area is 290 Å². The first kappa shape index (κ1) is 46.9. The van der Waals surface area contributed by atoms with Crippen LogP contribution in [0.15, 0.2) is 0 Å². The standard InChI is InChI=1S/C31H61N3O15/c1-27(30(32)36)34-31(37)28(2)33-29(35)26-49-25-24-48-23-22-47-21-20-46-19-18-45-17-16-44-15-14-43-13-12-42-11-10-41-9-8-40-7-6-39-5-4-38-3/h27-28H,4-26H2,1-3H3,(H2,32,36)(H,33,35)(H,34,37)/t27-,28-/m1/s1. The molecule has 0 unspecified atom stereocenters. The molecular weight excluding hydrogens is 654 g/mol. The second kappa shape index (κ2) is 37.2. The van der Waals surface area contributed by atoms with E-state index in [1.807, 2.05) is 0 Å². The van der Waals surface area contributed by atoms with E-state index in [0.29, 0.717) is 132 Å². The Morgan fingerprint density at radius 1 is 0.429 bits per heavy atom. The molecule has 2 atom stereocenters. The number of nitrogens with two attached hydrogens (primary N) is 1. The van der Waals surface area contributed by atoms with Gasteiger partial charge in [0.25, 0.3) is 0 Å². The maximum atomic E-state index is 11.9. The van der Waals surface area contributed by atoms with Crippen LogP contribution in [-0.2, 0) is 71.2 Å². The molecule has 0 rings (SSSR count). The smallest absolute Gasteiger partial charge is 0.246 e. The first-order chi connectivity index (χ1) is 23.9. The van der Waals surface area contributed by atoms with Crippen molar-refractivity contribution in [2.24, 2.45) is 5.73 Å². The second-order valence-electron chi connectivity index (χ2n) is 10.1. The minimum Gasteiger partial charge on any atom is -0.382 e. The maximum absolute atomic E-state index is 11.9. The lowest BCUT2D eigenvalue weighted by Gasteiger charge is -2.16. The topological polar surface area (TPSA) is 212 Å². The van der Waals surface area contributed by atoms with Crippen LogP contribution in [0.25, 0.3) is 0 Å². The molecule has 4 N–H and O–H groups in total. The lowest BCUT2D eigenvalue weighted by Crippen LogP contribution is -2.51. The number of carbonyl (C=O) groups is 3. The van der Waals surface area contributed by atoms with Crippen molar-refractivity contribution in [2.75, 3.05) is 159 Å². The fraction of sp³-hybridized carbons (Fsp3) is 0.903. The molecule has 0 aromatic rings. The van der Waals surface area contributed by atoms with Crippen LogP contribution in [0, 0.1) is 0 Å². The number of nitrogens with one attached hydrogen (secondary N) is 2. The highest BCUT2D eigenvalue weighted by Crippen LogP contribution is 1.89. The van der Waals surface area contributed by atoms with Gasteiger partial charge in [-0.3, -0.25) is 14.4 Å². The Hall–Kier alpha value is -2.07. The van der Waals surface area contributed by atoms with E-state index in [1.165, 1.54) is 13.8 Å². The van der Waals surface area contributed by atoms with E-state index >= 15 is 0 Å². The Balaban J connectivity index is 3.22. The third kappa shape index (κ3) is 35.6. The SMILES string of the molecule is COCCOCCOCCOCCOCCOCCOCCOCCOCCOCCOCCOCC(=O)N[C@H](C)C(=O)N[C@H](C)C(N)=O. The zero-order chi connectivity index (χ0) is 36.0. The summed E-state index contributed by atoms with van der Waals surface area (Å²) in [6.07, 6.45) is 0. The summed E-state index contributed by atoms with van der Waals surface area (Å²) < 4.78 is 64.3. The number of ether oxygens (including phenoxy) is 12. The van der Waals surface area contributed by atoms with Gasteiger partial charge in [-0.25, -0.2) is 0 Å². The first-order valence-electron chi connectivity index (χ1n) is 16.6. The Bertz CT molecular complexity index is 770. The molecule has 0 spiro atoms. The normalized spacial score (nSPS) is 12.6. The van der Waals surface area contributed by atoms with Gasteiger partial charge in [0.15, 0.2) is 0 Å². The molecule has 0 heterocycles. The van der Waals surface area contributed by atoms with E-state index in [0.717, 1.165) is 0 Å². The van der Waals surface area contributed by atoms with Gasteiger partial charge in [-0.15, -0.1) is 0 Å². The summed E-state index contributed by atoms with van der Waals surface area (Å²) in [6.45, 7) is 12.9. The minimum absolute atomic E-state index is 0.202. The van der Waals surface area contributed by atoms with Gasteiger partial charge in [-0.2, -0.15) is 0 Å². The van der Waals surface area contributed by atoms with E-state index in [2.05, 4.69) is 10.6 Å². The summed E-state index contributed by atoms with van der Waals surface area (Å²) in [5.74, 6) is -1.65.